The lowest BCUT2D eigenvalue weighted by Gasteiger charge is -2.13. The van der Waals surface area contributed by atoms with Gasteiger partial charge in [-0.2, -0.15) is 0 Å². The van der Waals surface area contributed by atoms with E-state index in [1.54, 1.807) is 12.1 Å². The Kier molecular flexibility index (Phi) is 6.62. The van der Waals surface area contributed by atoms with Gasteiger partial charge in [-0.15, -0.1) is 23.5 Å². The molecule has 0 amide bonds. The molecule has 1 aromatic carbocycles. The number of Topliss-reactive ketones (excluding diaryl/α,β-unsaturated/α-hetero) is 2. The molecule has 0 spiro atoms. The monoisotopic (exact) mass is 370 g/mol. The molecule has 0 atom stereocenters. The first-order chi connectivity index (χ1) is 11.0. The van der Waals surface area contributed by atoms with Gasteiger partial charge in [-0.25, -0.2) is 0 Å². The molecule has 3 nitrogen and oxygen atoms in total. The van der Waals surface area contributed by atoms with Crippen LogP contribution in [-0.4, -0.2) is 30.7 Å². The summed E-state index contributed by atoms with van der Waals surface area (Å²) < 4.78 is 5.25. The van der Waals surface area contributed by atoms with Crippen molar-refractivity contribution in [3.05, 3.63) is 34.6 Å². The number of hydrogen-bond acceptors (Lipinski definition) is 5. The zero-order chi connectivity index (χ0) is 17.0. The smallest absolute Gasteiger partial charge is 0.200 e. The third-order valence-electron chi connectivity index (χ3n) is 3.54. The Labute approximate surface area is 150 Å². The second-order valence-electron chi connectivity index (χ2n) is 5.12. The highest BCUT2D eigenvalue weighted by atomic mass is 35.5. The molecule has 0 radical (unpaired) electrons. The zero-order valence-corrected chi connectivity index (χ0v) is 15.7. The minimum Gasteiger partial charge on any atom is -0.501 e. The molecule has 124 valence electrons. The number of carbonyl (C=O) groups excluding carboxylic acids is 2. The first-order valence-electron chi connectivity index (χ1n) is 7.36. The van der Waals surface area contributed by atoms with Crippen LogP contribution in [0, 0.1) is 5.92 Å². The molecular weight excluding hydrogens is 352 g/mol. The van der Waals surface area contributed by atoms with Gasteiger partial charge in [0.25, 0.3) is 0 Å². The minimum atomic E-state index is -0.285. The molecule has 23 heavy (non-hydrogen) atoms. The van der Waals surface area contributed by atoms with Crippen LogP contribution in [0.2, 0.25) is 5.02 Å². The van der Waals surface area contributed by atoms with Gasteiger partial charge >= 0.3 is 0 Å². The molecule has 0 N–H and O–H groups in total. The molecular formula is C17H19ClO3S2. The molecule has 1 aliphatic rings. The van der Waals surface area contributed by atoms with Crippen LogP contribution in [0.3, 0.4) is 0 Å². The number of allylic oxidation sites excluding steroid dienone is 1. The number of ether oxygens (including phenoxy) is 1. The highest BCUT2D eigenvalue weighted by Crippen LogP contribution is 2.39. The topological polar surface area (TPSA) is 43.4 Å². The van der Waals surface area contributed by atoms with Crippen LogP contribution >= 0.6 is 35.1 Å². The van der Waals surface area contributed by atoms with Crippen LogP contribution < -0.4 is 0 Å². The van der Waals surface area contributed by atoms with Gasteiger partial charge in [-0.05, 0) is 44.4 Å². The van der Waals surface area contributed by atoms with Gasteiger partial charge in [0, 0.05) is 21.3 Å². The summed E-state index contributed by atoms with van der Waals surface area (Å²) in [6.45, 7) is 2.24. The SMILES string of the molecule is CCOC=C(C(=O)c1ccc(Cl)c(SC)c1SC)C(=O)C1CC1. The van der Waals surface area contributed by atoms with Gasteiger partial charge in [0.1, 0.15) is 5.57 Å². The maximum Gasteiger partial charge on any atom is 0.200 e. The molecule has 2 rings (SSSR count). The van der Waals surface area contributed by atoms with E-state index in [4.69, 9.17) is 16.3 Å². The van der Waals surface area contributed by atoms with E-state index >= 15 is 0 Å². The highest BCUT2D eigenvalue weighted by molar-refractivity contribution is 8.01. The van der Waals surface area contributed by atoms with Gasteiger partial charge in [0.05, 0.1) is 17.9 Å². The van der Waals surface area contributed by atoms with E-state index in [1.165, 1.54) is 29.8 Å². The Hall–Kier alpha value is -0.910. The largest absolute Gasteiger partial charge is 0.501 e. The molecule has 0 unspecified atom stereocenters. The molecule has 1 saturated carbocycles. The predicted octanol–water partition coefficient (Wildman–Crippen LogP) is 4.87. The van der Waals surface area contributed by atoms with Gasteiger partial charge in [0.2, 0.25) is 5.78 Å². The fourth-order valence-electron chi connectivity index (χ4n) is 2.21. The van der Waals surface area contributed by atoms with E-state index < -0.39 is 0 Å². The van der Waals surface area contributed by atoms with Gasteiger partial charge in [0.15, 0.2) is 5.78 Å². The number of ketones is 2. The second-order valence-corrected chi connectivity index (χ2v) is 7.16. The summed E-state index contributed by atoms with van der Waals surface area (Å²) >= 11 is 9.17. The zero-order valence-electron chi connectivity index (χ0n) is 13.3. The number of benzene rings is 1. The van der Waals surface area contributed by atoms with Gasteiger partial charge in [-0.1, -0.05) is 11.6 Å². The van der Waals surface area contributed by atoms with E-state index in [2.05, 4.69) is 0 Å². The Morgan fingerprint density at radius 3 is 2.43 bits per heavy atom. The molecule has 0 bridgehead atoms. The van der Waals surface area contributed by atoms with Crippen LogP contribution in [-0.2, 0) is 9.53 Å². The van der Waals surface area contributed by atoms with Crippen molar-refractivity contribution in [2.75, 3.05) is 19.1 Å². The van der Waals surface area contributed by atoms with Gasteiger partial charge < -0.3 is 4.74 Å². The van der Waals surface area contributed by atoms with E-state index in [-0.39, 0.29) is 23.1 Å². The molecule has 0 heterocycles. The number of hydrogen-bond donors (Lipinski definition) is 0. The second kappa shape index (κ2) is 8.27. The normalized spacial score (nSPS) is 14.7. The minimum absolute atomic E-state index is 0.0318. The van der Waals surface area contributed by atoms with Crippen LogP contribution in [0.15, 0.2) is 33.8 Å². The van der Waals surface area contributed by atoms with E-state index in [9.17, 15) is 9.59 Å². The molecule has 0 aliphatic heterocycles. The Balaban J connectivity index is 2.45. The molecule has 6 heteroatoms. The first-order valence-corrected chi connectivity index (χ1v) is 10.2. The van der Waals surface area contributed by atoms with E-state index in [0.29, 0.717) is 17.2 Å². The van der Waals surface area contributed by atoms with E-state index in [1.807, 2.05) is 19.4 Å². The molecule has 0 saturated heterocycles. The van der Waals surface area contributed by atoms with Crippen molar-refractivity contribution in [2.24, 2.45) is 5.92 Å². The van der Waals surface area contributed by atoms with Crippen molar-refractivity contribution in [3.8, 4) is 0 Å². The average Bonchev–Trinajstić information content (AvgIpc) is 3.39. The summed E-state index contributed by atoms with van der Waals surface area (Å²) in [6, 6.07) is 3.40. The van der Waals surface area contributed by atoms with Crippen molar-refractivity contribution in [3.63, 3.8) is 0 Å². The standard InChI is InChI=1S/C17H19ClO3S2/c1-4-21-9-12(14(19)10-5-6-10)15(20)11-7-8-13(18)17(23-3)16(11)22-2/h7-10H,4-6H2,1-3H3. The van der Waals surface area contributed by atoms with Crippen molar-refractivity contribution >= 4 is 46.7 Å². The van der Waals surface area contributed by atoms with Gasteiger partial charge in [-0.3, -0.25) is 9.59 Å². The Bertz CT molecular complexity index is 651. The van der Waals surface area contributed by atoms with E-state index in [0.717, 1.165) is 22.6 Å². The molecule has 1 fully saturated rings. The maximum atomic E-state index is 12.9. The fourth-order valence-corrected chi connectivity index (χ4v) is 4.39. The van der Waals surface area contributed by atoms with Crippen molar-refractivity contribution in [1.29, 1.82) is 0 Å². The quantitative estimate of drug-likeness (QED) is 0.163. The molecule has 1 aliphatic carbocycles. The van der Waals surface area contributed by atoms with Crippen LogP contribution in [0.1, 0.15) is 30.1 Å². The Morgan fingerprint density at radius 1 is 1.26 bits per heavy atom. The third-order valence-corrected chi connectivity index (χ3v) is 5.76. The van der Waals surface area contributed by atoms with Crippen molar-refractivity contribution in [1.82, 2.24) is 0 Å². The number of carbonyl (C=O) groups is 2. The fraction of sp³-hybridized carbons (Fsp3) is 0.412. The summed E-state index contributed by atoms with van der Waals surface area (Å²) in [5.41, 5.74) is 0.644. The predicted molar refractivity (Wildman–Crippen MR) is 96.8 cm³/mol. The molecule has 1 aromatic rings. The lowest BCUT2D eigenvalue weighted by atomic mass is 9.98. The highest BCUT2D eigenvalue weighted by Gasteiger charge is 2.35. The maximum absolute atomic E-state index is 12.9. The van der Waals surface area contributed by atoms with Crippen LogP contribution in [0.5, 0.6) is 0 Å². The lowest BCUT2D eigenvalue weighted by Crippen LogP contribution is -2.16. The van der Waals surface area contributed by atoms with Crippen molar-refractivity contribution in [2.45, 2.75) is 29.6 Å². The molecule has 0 aromatic heterocycles. The van der Waals surface area contributed by atoms with Crippen LogP contribution in [0.4, 0.5) is 0 Å². The van der Waals surface area contributed by atoms with Crippen molar-refractivity contribution < 1.29 is 14.3 Å². The number of thioether (sulfide) groups is 2. The summed E-state index contributed by atoms with van der Waals surface area (Å²) in [5.74, 6) is -0.432. The first kappa shape index (κ1) is 18.4. The average molecular weight is 371 g/mol. The summed E-state index contributed by atoms with van der Waals surface area (Å²) in [4.78, 5) is 27.1. The number of rotatable bonds is 8. The lowest BCUT2D eigenvalue weighted by molar-refractivity contribution is -0.116. The third kappa shape index (κ3) is 4.14. The summed E-state index contributed by atoms with van der Waals surface area (Å²) in [6.07, 6.45) is 6.84. The van der Waals surface area contributed by atoms with Crippen LogP contribution in [0.25, 0.3) is 0 Å². The number of halogens is 1. The Morgan fingerprint density at radius 2 is 1.91 bits per heavy atom. The summed E-state index contributed by atoms with van der Waals surface area (Å²) in [5, 5.41) is 0.613. The summed E-state index contributed by atoms with van der Waals surface area (Å²) in [7, 11) is 0.